The zero-order valence-electron chi connectivity index (χ0n) is 17.9. The van der Waals surface area contributed by atoms with E-state index in [1.54, 1.807) is 0 Å². The molecule has 5 heteroatoms. The van der Waals surface area contributed by atoms with Crippen molar-refractivity contribution < 1.29 is 9.13 Å². The molecular formula is C27H26FN3O. The van der Waals surface area contributed by atoms with Crippen LogP contribution in [0.3, 0.4) is 0 Å². The molecule has 1 N–H and O–H groups in total. The summed E-state index contributed by atoms with van der Waals surface area (Å²) in [5, 5.41) is 8.73. The topological polar surface area (TPSA) is 39.1 Å². The van der Waals surface area contributed by atoms with Gasteiger partial charge in [0.05, 0.1) is 11.4 Å². The number of nitrogens with one attached hydrogen (secondary N) is 1. The maximum Gasteiger partial charge on any atom is 0.123 e. The first kappa shape index (κ1) is 20.6. The van der Waals surface area contributed by atoms with Gasteiger partial charge < -0.3 is 10.1 Å². The average Bonchev–Trinajstić information content (AvgIpc) is 3.29. The highest BCUT2D eigenvalue weighted by molar-refractivity contribution is 5.63. The summed E-state index contributed by atoms with van der Waals surface area (Å²) in [5.41, 5.74) is 5.03. The minimum atomic E-state index is -0.255. The van der Waals surface area contributed by atoms with Gasteiger partial charge in [-0.2, -0.15) is 5.10 Å². The smallest absolute Gasteiger partial charge is 0.123 e. The molecule has 0 saturated carbocycles. The minimum Gasteiger partial charge on any atom is -0.381 e. The molecule has 0 atom stereocenters. The fourth-order valence-electron chi connectivity index (χ4n) is 4.41. The molecule has 1 fully saturated rings. The third-order valence-electron chi connectivity index (χ3n) is 6.22. The van der Waals surface area contributed by atoms with E-state index in [4.69, 9.17) is 9.84 Å². The van der Waals surface area contributed by atoms with Gasteiger partial charge in [0.1, 0.15) is 5.82 Å². The van der Waals surface area contributed by atoms with E-state index in [0.717, 1.165) is 40.9 Å². The molecule has 0 amide bonds. The maximum absolute atomic E-state index is 13.6. The standard InChI is InChI=1S/C27H26FN3O/c28-24-13-11-23(12-14-24)27(15-17-32-18-16-27)29-19-22-20-31(25-9-5-2-6-10-25)30-26(22)21-7-3-1-4-8-21/h1-14,20,29H,15-19H2. The lowest BCUT2D eigenvalue weighted by Crippen LogP contribution is -2.46. The second-order valence-corrected chi connectivity index (χ2v) is 8.20. The lowest BCUT2D eigenvalue weighted by molar-refractivity contribution is 0.0358. The Labute approximate surface area is 187 Å². The highest BCUT2D eigenvalue weighted by Crippen LogP contribution is 2.33. The van der Waals surface area contributed by atoms with Crippen molar-refractivity contribution in [2.45, 2.75) is 24.9 Å². The van der Waals surface area contributed by atoms with Crippen molar-refractivity contribution in [3.8, 4) is 16.9 Å². The second-order valence-electron chi connectivity index (χ2n) is 8.20. The van der Waals surface area contributed by atoms with E-state index in [0.29, 0.717) is 19.8 Å². The van der Waals surface area contributed by atoms with Crippen molar-refractivity contribution in [1.29, 1.82) is 0 Å². The van der Waals surface area contributed by atoms with Crippen LogP contribution in [0.1, 0.15) is 24.0 Å². The third kappa shape index (κ3) is 4.22. The van der Waals surface area contributed by atoms with Crippen molar-refractivity contribution >= 4 is 0 Å². The number of para-hydroxylation sites is 1. The molecule has 1 saturated heterocycles. The summed E-state index contributed by atoms with van der Waals surface area (Å²) in [4.78, 5) is 0. The summed E-state index contributed by atoms with van der Waals surface area (Å²) < 4.78 is 21.2. The summed E-state index contributed by atoms with van der Waals surface area (Å²) in [6, 6.07) is 27.3. The summed E-state index contributed by atoms with van der Waals surface area (Å²) in [7, 11) is 0. The Hall–Kier alpha value is -3.28. The van der Waals surface area contributed by atoms with Gasteiger partial charge in [0.2, 0.25) is 0 Å². The van der Waals surface area contributed by atoms with Crippen LogP contribution in [0, 0.1) is 5.82 Å². The number of aromatic nitrogens is 2. The van der Waals surface area contributed by atoms with Crippen molar-refractivity contribution in [2.24, 2.45) is 0 Å². The van der Waals surface area contributed by atoms with Crippen LogP contribution in [0.15, 0.2) is 91.1 Å². The Morgan fingerprint density at radius 1 is 0.875 bits per heavy atom. The first-order valence-electron chi connectivity index (χ1n) is 11.0. The van der Waals surface area contributed by atoms with E-state index in [2.05, 4.69) is 35.8 Å². The Bertz CT molecular complexity index is 1150. The van der Waals surface area contributed by atoms with E-state index in [1.807, 2.05) is 53.2 Å². The number of hydrogen-bond donors (Lipinski definition) is 1. The summed E-state index contributed by atoms with van der Waals surface area (Å²) >= 11 is 0. The number of nitrogens with zero attached hydrogens (tertiary/aromatic N) is 2. The molecule has 2 heterocycles. The molecule has 162 valence electrons. The van der Waals surface area contributed by atoms with Gasteiger partial charge in [0, 0.05) is 42.6 Å². The molecule has 5 rings (SSSR count). The van der Waals surface area contributed by atoms with Crippen molar-refractivity contribution in [3.63, 3.8) is 0 Å². The van der Waals surface area contributed by atoms with Gasteiger partial charge in [-0.15, -0.1) is 0 Å². The molecule has 0 radical (unpaired) electrons. The molecular weight excluding hydrogens is 401 g/mol. The van der Waals surface area contributed by atoms with E-state index >= 15 is 0 Å². The predicted molar refractivity (Wildman–Crippen MR) is 124 cm³/mol. The molecule has 0 bridgehead atoms. The average molecular weight is 428 g/mol. The SMILES string of the molecule is Fc1ccc(C2(NCc3cn(-c4ccccc4)nc3-c3ccccc3)CCOCC2)cc1. The van der Waals surface area contributed by atoms with Gasteiger partial charge in [0.15, 0.2) is 0 Å². The van der Waals surface area contributed by atoms with E-state index in [-0.39, 0.29) is 11.4 Å². The third-order valence-corrected chi connectivity index (χ3v) is 6.22. The van der Waals surface area contributed by atoms with Crippen LogP contribution in [-0.2, 0) is 16.8 Å². The Kier molecular flexibility index (Phi) is 5.84. The summed E-state index contributed by atoms with van der Waals surface area (Å²) in [6.07, 6.45) is 3.78. The van der Waals surface area contributed by atoms with Crippen LogP contribution in [0.5, 0.6) is 0 Å². The first-order chi connectivity index (χ1) is 15.7. The van der Waals surface area contributed by atoms with Crippen LogP contribution in [-0.4, -0.2) is 23.0 Å². The molecule has 1 aliphatic rings. The van der Waals surface area contributed by atoms with Crippen LogP contribution >= 0.6 is 0 Å². The number of hydrogen-bond acceptors (Lipinski definition) is 3. The molecule has 4 aromatic rings. The first-order valence-corrected chi connectivity index (χ1v) is 11.0. The van der Waals surface area contributed by atoms with Crippen LogP contribution in [0.2, 0.25) is 0 Å². The second kappa shape index (κ2) is 9.07. The molecule has 0 aliphatic carbocycles. The minimum absolute atomic E-state index is 0.216. The van der Waals surface area contributed by atoms with Crippen LogP contribution in [0.4, 0.5) is 4.39 Å². The van der Waals surface area contributed by atoms with Gasteiger partial charge in [-0.3, -0.25) is 0 Å². The van der Waals surface area contributed by atoms with Gasteiger partial charge >= 0.3 is 0 Å². The number of halogens is 1. The highest BCUT2D eigenvalue weighted by atomic mass is 19.1. The molecule has 1 aromatic heterocycles. The fourth-order valence-corrected chi connectivity index (χ4v) is 4.41. The van der Waals surface area contributed by atoms with Crippen molar-refractivity contribution in [1.82, 2.24) is 15.1 Å². The molecule has 0 spiro atoms. The zero-order chi connectivity index (χ0) is 21.8. The Morgan fingerprint density at radius 2 is 1.53 bits per heavy atom. The maximum atomic E-state index is 13.6. The summed E-state index contributed by atoms with van der Waals surface area (Å²) in [6.45, 7) is 2.01. The quantitative estimate of drug-likeness (QED) is 0.443. The van der Waals surface area contributed by atoms with Gasteiger partial charge in [-0.1, -0.05) is 60.7 Å². The van der Waals surface area contributed by atoms with Gasteiger partial charge in [-0.05, 0) is 42.7 Å². The lowest BCUT2D eigenvalue weighted by atomic mass is 9.82. The number of ether oxygens (including phenoxy) is 1. The van der Waals surface area contributed by atoms with E-state index in [1.165, 1.54) is 12.1 Å². The normalized spacial score (nSPS) is 15.5. The Balaban J connectivity index is 1.49. The highest BCUT2D eigenvalue weighted by Gasteiger charge is 2.34. The zero-order valence-corrected chi connectivity index (χ0v) is 17.9. The number of benzene rings is 3. The molecule has 3 aromatic carbocycles. The fraction of sp³-hybridized carbons (Fsp3) is 0.222. The monoisotopic (exact) mass is 427 g/mol. The number of rotatable bonds is 6. The molecule has 0 unspecified atom stereocenters. The lowest BCUT2D eigenvalue weighted by Gasteiger charge is -2.39. The molecule has 32 heavy (non-hydrogen) atoms. The van der Waals surface area contributed by atoms with E-state index in [9.17, 15) is 4.39 Å². The largest absolute Gasteiger partial charge is 0.381 e. The molecule has 1 aliphatic heterocycles. The molecule has 4 nitrogen and oxygen atoms in total. The Morgan fingerprint density at radius 3 is 2.22 bits per heavy atom. The van der Waals surface area contributed by atoms with Gasteiger partial charge in [0.25, 0.3) is 0 Å². The van der Waals surface area contributed by atoms with Crippen molar-refractivity contribution in [3.05, 3.63) is 108 Å². The predicted octanol–water partition coefficient (Wildman–Crippen LogP) is 5.47. The van der Waals surface area contributed by atoms with Crippen LogP contribution in [0.25, 0.3) is 16.9 Å². The summed E-state index contributed by atoms with van der Waals surface area (Å²) in [5.74, 6) is -0.216. The van der Waals surface area contributed by atoms with Crippen LogP contribution < -0.4 is 5.32 Å². The van der Waals surface area contributed by atoms with Gasteiger partial charge in [-0.25, -0.2) is 9.07 Å². The van der Waals surface area contributed by atoms with Crippen molar-refractivity contribution in [2.75, 3.05) is 13.2 Å². The van der Waals surface area contributed by atoms with E-state index < -0.39 is 0 Å².